The molecule has 2 aromatic carbocycles. The zero-order chi connectivity index (χ0) is 25.3. The Morgan fingerprint density at radius 2 is 1.77 bits per heavy atom. The summed E-state index contributed by atoms with van der Waals surface area (Å²) in [6.45, 7) is 2.43. The van der Waals surface area contributed by atoms with Crippen LogP contribution >= 0.6 is 23.2 Å². The van der Waals surface area contributed by atoms with E-state index in [4.69, 9.17) is 27.9 Å². The Hall–Kier alpha value is -3.01. The molecule has 4 rings (SSSR count). The maximum absolute atomic E-state index is 13.3. The number of benzene rings is 2. The molecule has 9 nitrogen and oxygen atoms in total. The summed E-state index contributed by atoms with van der Waals surface area (Å²) in [5.41, 5.74) is 1.71. The van der Waals surface area contributed by atoms with Gasteiger partial charge in [-0.15, -0.1) is 0 Å². The molecule has 2 aliphatic heterocycles. The average molecular weight is 520 g/mol. The Morgan fingerprint density at radius 3 is 2.43 bits per heavy atom. The third-order valence-electron chi connectivity index (χ3n) is 6.26. The summed E-state index contributed by atoms with van der Waals surface area (Å²) in [5, 5.41) is 6.85. The van der Waals surface area contributed by atoms with Crippen molar-refractivity contribution in [2.45, 2.75) is 32.2 Å². The van der Waals surface area contributed by atoms with Crippen LogP contribution in [0.1, 0.15) is 18.1 Å². The molecular weight excluding hydrogens is 493 g/mol. The largest absolute Gasteiger partial charge is 0.497 e. The van der Waals surface area contributed by atoms with Crippen molar-refractivity contribution >= 4 is 41.0 Å². The maximum atomic E-state index is 13.3. The smallest absolute Gasteiger partial charge is 0.334 e. The van der Waals surface area contributed by atoms with E-state index in [2.05, 4.69) is 5.32 Å². The molecule has 0 aromatic heterocycles. The van der Waals surface area contributed by atoms with E-state index in [-0.39, 0.29) is 37.5 Å². The van der Waals surface area contributed by atoms with E-state index in [1.165, 1.54) is 9.91 Å². The second kappa shape index (κ2) is 10.3. The number of urea groups is 1. The fraction of sp³-hybridized carbons (Fsp3) is 0.375. The van der Waals surface area contributed by atoms with Crippen LogP contribution in [0, 0.1) is 0 Å². The number of likely N-dealkylation sites (N-methyl/N-ethyl adjacent to an activating group) is 1. The quantitative estimate of drug-likeness (QED) is 0.656. The minimum absolute atomic E-state index is 0.00311. The number of nitrogens with one attached hydrogen (secondary N) is 1. The fourth-order valence-electron chi connectivity index (χ4n) is 4.47. The number of hydrazine groups is 1. The molecule has 2 saturated heterocycles. The SMILES string of the molecule is COc1ccc(CNC(=O)N2[C@H]3CN(Cc4ccc(Cl)c(Cl)c4)C(=O)[C@H](C)N3C(=O)CN2C)cc1. The summed E-state index contributed by atoms with van der Waals surface area (Å²) in [4.78, 5) is 42.4. The topological polar surface area (TPSA) is 85.4 Å². The molecule has 0 unspecified atom stereocenters. The zero-order valence-electron chi connectivity index (χ0n) is 19.7. The highest BCUT2D eigenvalue weighted by Crippen LogP contribution is 2.28. The molecular formula is C24H27Cl2N5O4. The molecule has 0 radical (unpaired) electrons. The predicted octanol–water partition coefficient (Wildman–Crippen LogP) is 2.96. The first kappa shape index (κ1) is 25.1. The van der Waals surface area contributed by atoms with Gasteiger partial charge in [-0.25, -0.2) is 14.8 Å². The highest BCUT2D eigenvalue weighted by molar-refractivity contribution is 6.42. The normalized spacial score (nSPS) is 20.7. The van der Waals surface area contributed by atoms with Crippen LogP contribution in [0.5, 0.6) is 5.75 Å². The molecule has 0 spiro atoms. The van der Waals surface area contributed by atoms with Crippen molar-refractivity contribution in [1.29, 1.82) is 0 Å². The fourth-order valence-corrected chi connectivity index (χ4v) is 4.79. The van der Waals surface area contributed by atoms with Gasteiger partial charge in [0.15, 0.2) is 0 Å². The molecule has 11 heteroatoms. The summed E-state index contributed by atoms with van der Waals surface area (Å²) in [7, 11) is 3.28. The lowest BCUT2D eigenvalue weighted by molar-refractivity contribution is -0.186. The summed E-state index contributed by atoms with van der Waals surface area (Å²) >= 11 is 12.2. The van der Waals surface area contributed by atoms with E-state index < -0.39 is 12.2 Å². The van der Waals surface area contributed by atoms with Crippen molar-refractivity contribution in [2.75, 3.05) is 27.2 Å². The number of hydrogen-bond donors (Lipinski definition) is 1. The number of carbonyl (C=O) groups excluding carboxylic acids is 3. The second-order valence-corrected chi connectivity index (χ2v) is 9.41. The number of carbonyl (C=O) groups is 3. The van der Waals surface area contributed by atoms with Gasteiger partial charge in [0.05, 0.1) is 30.2 Å². The molecule has 0 saturated carbocycles. The van der Waals surface area contributed by atoms with E-state index in [0.717, 1.165) is 16.9 Å². The van der Waals surface area contributed by atoms with E-state index >= 15 is 0 Å². The minimum atomic E-state index is -0.713. The number of fused-ring (bicyclic) bond motifs is 1. The predicted molar refractivity (Wildman–Crippen MR) is 132 cm³/mol. The van der Waals surface area contributed by atoms with Crippen LogP contribution in [-0.4, -0.2) is 77.1 Å². The first-order valence-corrected chi connectivity index (χ1v) is 11.9. The van der Waals surface area contributed by atoms with Gasteiger partial charge in [0.2, 0.25) is 11.8 Å². The number of piperazine rings is 1. The number of hydrogen-bond acceptors (Lipinski definition) is 5. The Bertz CT molecular complexity index is 1130. The van der Waals surface area contributed by atoms with Crippen LogP contribution in [0.2, 0.25) is 10.0 Å². The van der Waals surface area contributed by atoms with Gasteiger partial charge >= 0.3 is 6.03 Å². The average Bonchev–Trinajstić information content (AvgIpc) is 2.83. The molecule has 0 bridgehead atoms. The van der Waals surface area contributed by atoms with Crippen LogP contribution in [0.4, 0.5) is 4.79 Å². The first-order valence-electron chi connectivity index (χ1n) is 11.1. The second-order valence-electron chi connectivity index (χ2n) is 8.59. The molecule has 1 N–H and O–H groups in total. The van der Waals surface area contributed by atoms with Crippen molar-refractivity contribution in [2.24, 2.45) is 0 Å². The van der Waals surface area contributed by atoms with Gasteiger partial charge < -0.3 is 19.9 Å². The third kappa shape index (κ3) is 5.17. The van der Waals surface area contributed by atoms with Crippen LogP contribution in [0.25, 0.3) is 0 Å². The van der Waals surface area contributed by atoms with Gasteiger partial charge in [-0.2, -0.15) is 0 Å². The third-order valence-corrected chi connectivity index (χ3v) is 7.00. The van der Waals surface area contributed by atoms with Gasteiger partial charge in [0.1, 0.15) is 18.0 Å². The summed E-state index contributed by atoms with van der Waals surface area (Å²) < 4.78 is 5.17. The molecule has 2 atom stereocenters. The molecule has 2 aliphatic rings. The number of halogens is 2. The number of nitrogens with zero attached hydrogens (tertiary/aromatic N) is 4. The highest BCUT2D eigenvalue weighted by Gasteiger charge is 2.49. The van der Waals surface area contributed by atoms with Crippen LogP contribution in [0.15, 0.2) is 42.5 Å². The number of ether oxygens (including phenoxy) is 1. The zero-order valence-corrected chi connectivity index (χ0v) is 21.2. The lowest BCUT2D eigenvalue weighted by Crippen LogP contribution is -2.75. The molecule has 35 heavy (non-hydrogen) atoms. The Morgan fingerprint density at radius 1 is 1.09 bits per heavy atom. The molecule has 0 aliphatic carbocycles. The first-order chi connectivity index (χ1) is 16.7. The van der Waals surface area contributed by atoms with Gasteiger partial charge in [-0.05, 0) is 42.3 Å². The Balaban J connectivity index is 1.53. The summed E-state index contributed by atoms with van der Waals surface area (Å²) in [6, 6.07) is 11.5. The van der Waals surface area contributed by atoms with E-state index in [1.807, 2.05) is 24.3 Å². The molecule has 4 amide bonds. The minimum Gasteiger partial charge on any atom is -0.497 e. The number of amides is 4. The van der Waals surface area contributed by atoms with Crippen molar-refractivity contribution in [1.82, 2.24) is 25.1 Å². The van der Waals surface area contributed by atoms with Crippen LogP contribution in [0.3, 0.4) is 0 Å². The van der Waals surface area contributed by atoms with Crippen molar-refractivity contribution < 1.29 is 19.1 Å². The Kier molecular flexibility index (Phi) is 7.39. The van der Waals surface area contributed by atoms with Crippen molar-refractivity contribution in [3.05, 3.63) is 63.6 Å². The van der Waals surface area contributed by atoms with E-state index in [1.54, 1.807) is 49.2 Å². The number of rotatable bonds is 5. The maximum Gasteiger partial charge on any atom is 0.334 e. The van der Waals surface area contributed by atoms with Gasteiger partial charge in [-0.3, -0.25) is 9.59 Å². The van der Waals surface area contributed by atoms with Crippen LogP contribution in [-0.2, 0) is 22.7 Å². The Labute approximate surface area is 214 Å². The number of methoxy groups -OCH3 is 1. The standard InChI is InChI=1S/C24H27Cl2N5O4/c1-15-23(33)29(12-17-6-9-19(25)20(26)10-17)13-21-30(15)22(32)14-28(2)31(21)24(34)27-11-16-4-7-18(35-3)8-5-16/h4-10,15,21H,11-14H2,1-3H3,(H,27,34)/t15-,21-/m0/s1. The summed E-state index contributed by atoms with van der Waals surface area (Å²) in [5.74, 6) is 0.337. The monoisotopic (exact) mass is 519 g/mol. The van der Waals surface area contributed by atoms with Crippen molar-refractivity contribution in [3.63, 3.8) is 0 Å². The highest BCUT2D eigenvalue weighted by atomic mass is 35.5. The lowest BCUT2D eigenvalue weighted by Gasteiger charge is -2.53. The molecule has 2 heterocycles. The van der Waals surface area contributed by atoms with Crippen molar-refractivity contribution in [3.8, 4) is 5.75 Å². The van der Waals surface area contributed by atoms with Gasteiger partial charge in [0.25, 0.3) is 0 Å². The van der Waals surface area contributed by atoms with E-state index in [0.29, 0.717) is 16.6 Å². The molecule has 2 fully saturated rings. The molecule has 186 valence electrons. The van der Waals surface area contributed by atoms with E-state index in [9.17, 15) is 14.4 Å². The van der Waals surface area contributed by atoms with Gasteiger partial charge in [-0.1, -0.05) is 41.4 Å². The van der Waals surface area contributed by atoms with Crippen LogP contribution < -0.4 is 10.1 Å². The molecule has 2 aromatic rings. The van der Waals surface area contributed by atoms with Gasteiger partial charge in [0, 0.05) is 20.1 Å². The lowest BCUT2D eigenvalue weighted by atomic mass is 10.1. The summed E-state index contributed by atoms with van der Waals surface area (Å²) in [6.07, 6.45) is -0.646.